The minimum atomic E-state index is -0.364. The summed E-state index contributed by atoms with van der Waals surface area (Å²) in [7, 11) is 0. The molecule has 152 valence electrons. The van der Waals surface area contributed by atoms with Gasteiger partial charge in [0.25, 0.3) is 0 Å². The number of rotatable bonds is 4. The molecule has 0 heterocycles. The van der Waals surface area contributed by atoms with Gasteiger partial charge in [0.2, 0.25) is 0 Å². The summed E-state index contributed by atoms with van der Waals surface area (Å²) < 4.78 is 6.13. The fraction of sp³-hybridized carbons (Fsp3) is 0.444. The van der Waals surface area contributed by atoms with Crippen LogP contribution in [0.2, 0.25) is 0 Å². The first-order valence-corrected chi connectivity index (χ1v) is 10.7. The van der Waals surface area contributed by atoms with Crippen molar-refractivity contribution in [3.05, 3.63) is 60.2 Å². The molecule has 1 aliphatic carbocycles. The van der Waals surface area contributed by atoms with Crippen LogP contribution in [-0.4, -0.2) is 5.97 Å². The Bertz CT molecular complexity index is 1090. The Morgan fingerprint density at radius 2 is 1.59 bits per heavy atom. The minimum absolute atomic E-state index is 0.00599. The van der Waals surface area contributed by atoms with Crippen molar-refractivity contribution in [3.63, 3.8) is 0 Å². The Hall–Kier alpha value is -2.35. The van der Waals surface area contributed by atoms with Crippen molar-refractivity contribution in [3.8, 4) is 0 Å². The first-order chi connectivity index (χ1) is 13.5. The van der Waals surface area contributed by atoms with Gasteiger partial charge in [-0.25, -0.2) is 0 Å². The number of ether oxygens (including phenoxy) is 1. The third kappa shape index (κ3) is 3.54. The second kappa shape index (κ2) is 6.58. The lowest BCUT2D eigenvalue weighted by molar-refractivity contribution is -0.158. The monoisotopic (exact) mass is 388 g/mol. The van der Waals surface area contributed by atoms with E-state index in [1.54, 1.807) is 0 Å². The van der Waals surface area contributed by atoms with Gasteiger partial charge in [-0.3, -0.25) is 4.79 Å². The number of hydrogen-bond acceptors (Lipinski definition) is 2. The van der Waals surface area contributed by atoms with Crippen molar-refractivity contribution in [1.29, 1.82) is 0 Å². The third-order valence-corrected chi connectivity index (χ3v) is 6.64. The molecular weight excluding hydrogens is 356 g/mol. The van der Waals surface area contributed by atoms with Crippen LogP contribution >= 0.6 is 0 Å². The van der Waals surface area contributed by atoms with Gasteiger partial charge in [0, 0.05) is 5.56 Å². The first kappa shape index (κ1) is 19.9. The van der Waals surface area contributed by atoms with Crippen molar-refractivity contribution >= 4 is 27.5 Å². The lowest BCUT2D eigenvalue weighted by Crippen LogP contribution is -2.29. The predicted molar refractivity (Wildman–Crippen MR) is 121 cm³/mol. The van der Waals surface area contributed by atoms with Gasteiger partial charge in [-0.05, 0) is 64.3 Å². The Morgan fingerprint density at radius 1 is 1.00 bits per heavy atom. The summed E-state index contributed by atoms with van der Waals surface area (Å²) in [6.07, 6.45) is 1.49. The van der Waals surface area contributed by atoms with E-state index in [1.807, 2.05) is 6.92 Å². The van der Waals surface area contributed by atoms with Crippen LogP contribution in [0.1, 0.15) is 66.1 Å². The molecule has 3 aromatic rings. The molecule has 0 saturated heterocycles. The summed E-state index contributed by atoms with van der Waals surface area (Å²) in [5.74, 6) is -0.0392. The SMILES string of the molecule is CC(OC(=O)C1(CC(C)(C)C)CC1(C)C)c1cccc2cc3ccccc3cc12. The Labute approximate surface area is 174 Å². The molecule has 3 aromatic carbocycles. The number of benzene rings is 3. The Balaban J connectivity index is 1.66. The maximum Gasteiger partial charge on any atom is 0.313 e. The van der Waals surface area contributed by atoms with Crippen molar-refractivity contribution in [2.45, 2.75) is 60.5 Å². The Morgan fingerprint density at radius 3 is 2.17 bits per heavy atom. The van der Waals surface area contributed by atoms with Gasteiger partial charge < -0.3 is 4.74 Å². The molecule has 0 radical (unpaired) electrons. The lowest BCUT2D eigenvalue weighted by Gasteiger charge is -2.29. The van der Waals surface area contributed by atoms with Crippen LogP contribution in [-0.2, 0) is 9.53 Å². The minimum Gasteiger partial charge on any atom is -0.457 e. The zero-order valence-electron chi connectivity index (χ0n) is 18.5. The van der Waals surface area contributed by atoms with E-state index in [9.17, 15) is 4.79 Å². The molecule has 0 bridgehead atoms. The van der Waals surface area contributed by atoms with Crippen LogP contribution in [0.15, 0.2) is 54.6 Å². The van der Waals surface area contributed by atoms with E-state index in [4.69, 9.17) is 4.74 Å². The summed E-state index contributed by atoms with van der Waals surface area (Å²) >= 11 is 0. The fourth-order valence-corrected chi connectivity index (χ4v) is 5.02. The molecule has 1 aliphatic rings. The second-order valence-corrected chi connectivity index (χ2v) is 10.7. The highest BCUT2D eigenvalue weighted by Crippen LogP contribution is 2.68. The largest absolute Gasteiger partial charge is 0.457 e. The summed E-state index contributed by atoms with van der Waals surface area (Å²) in [5, 5.41) is 4.77. The topological polar surface area (TPSA) is 26.3 Å². The van der Waals surface area contributed by atoms with E-state index in [0.717, 1.165) is 23.8 Å². The number of esters is 1. The van der Waals surface area contributed by atoms with Gasteiger partial charge in [-0.1, -0.05) is 77.1 Å². The molecule has 0 aromatic heterocycles. The standard InChI is InChI=1S/C27H32O2/c1-18(29-24(28)27(16-25(2,3)4)17-26(27,5)6)22-13-9-12-21-14-19-10-7-8-11-20(19)15-23(21)22/h7-15,18H,16-17H2,1-6H3. The molecular formula is C27H32O2. The van der Waals surface area contributed by atoms with Gasteiger partial charge in [0.05, 0.1) is 5.41 Å². The van der Waals surface area contributed by atoms with Crippen molar-refractivity contribution in [2.24, 2.45) is 16.2 Å². The van der Waals surface area contributed by atoms with Crippen molar-refractivity contribution < 1.29 is 9.53 Å². The molecule has 2 unspecified atom stereocenters. The maximum atomic E-state index is 13.3. The quantitative estimate of drug-likeness (QED) is 0.343. The van der Waals surface area contributed by atoms with Crippen LogP contribution in [0.5, 0.6) is 0 Å². The molecule has 1 fully saturated rings. The molecule has 1 saturated carbocycles. The Kier molecular flexibility index (Phi) is 4.53. The molecule has 2 atom stereocenters. The van der Waals surface area contributed by atoms with Gasteiger partial charge in [0.15, 0.2) is 0 Å². The van der Waals surface area contributed by atoms with Crippen LogP contribution < -0.4 is 0 Å². The molecule has 29 heavy (non-hydrogen) atoms. The van der Waals surface area contributed by atoms with Crippen LogP contribution in [0.3, 0.4) is 0 Å². The fourth-order valence-electron chi connectivity index (χ4n) is 5.02. The van der Waals surface area contributed by atoms with Gasteiger partial charge in [-0.2, -0.15) is 0 Å². The highest BCUT2D eigenvalue weighted by molar-refractivity contribution is 5.99. The zero-order chi connectivity index (χ0) is 21.0. The van der Waals surface area contributed by atoms with Gasteiger partial charge >= 0.3 is 5.97 Å². The average molecular weight is 389 g/mol. The number of hydrogen-bond donors (Lipinski definition) is 0. The lowest BCUT2D eigenvalue weighted by atomic mass is 9.79. The number of fused-ring (bicyclic) bond motifs is 2. The van der Waals surface area contributed by atoms with E-state index in [-0.39, 0.29) is 28.3 Å². The van der Waals surface area contributed by atoms with Crippen molar-refractivity contribution in [1.82, 2.24) is 0 Å². The first-order valence-electron chi connectivity index (χ1n) is 10.7. The smallest absolute Gasteiger partial charge is 0.313 e. The zero-order valence-corrected chi connectivity index (χ0v) is 18.5. The number of carbonyl (C=O) groups is 1. The summed E-state index contributed by atoms with van der Waals surface area (Å²) in [5.41, 5.74) is 0.808. The van der Waals surface area contributed by atoms with E-state index < -0.39 is 0 Å². The molecule has 0 amide bonds. The highest BCUT2D eigenvalue weighted by Gasteiger charge is 2.68. The van der Waals surface area contributed by atoms with Crippen LogP contribution in [0.4, 0.5) is 0 Å². The van der Waals surface area contributed by atoms with E-state index in [0.29, 0.717) is 0 Å². The van der Waals surface area contributed by atoms with E-state index in [1.165, 1.54) is 16.2 Å². The second-order valence-electron chi connectivity index (χ2n) is 10.7. The third-order valence-electron chi connectivity index (χ3n) is 6.64. The molecule has 4 rings (SSSR count). The van der Waals surface area contributed by atoms with Crippen LogP contribution in [0.25, 0.3) is 21.5 Å². The normalized spacial score (nSPS) is 21.9. The average Bonchev–Trinajstić information content (AvgIpc) is 3.18. The van der Waals surface area contributed by atoms with Gasteiger partial charge in [0.1, 0.15) is 6.10 Å². The van der Waals surface area contributed by atoms with Crippen molar-refractivity contribution in [2.75, 3.05) is 0 Å². The predicted octanol–water partition coefficient (Wildman–Crippen LogP) is 7.45. The summed E-state index contributed by atoms with van der Waals surface area (Å²) in [4.78, 5) is 13.3. The van der Waals surface area contributed by atoms with Gasteiger partial charge in [-0.15, -0.1) is 0 Å². The maximum absolute atomic E-state index is 13.3. The van der Waals surface area contributed by atoms with E-state index >= 15 is 0 Å². The van der Waals surface area contributed by atoms with E-state index in [2.05, 4.69) is 89.2 Å². The summed E-state index contributed by atoms with van der Waals surface area (Å²) in [6, 6.07) is 19.1. The summed E-state index contributed by atoms with van der Waals surface area (Å²) in [6.45, 7) is 13.0. The molecule has 0 spiro atoms. The molecule has 2 heteroatoms. The highest BCUT2D eigenvalue weighted by atomic mass is 16.5. The molecule has 0 aliphatic heterocycles. The number of carbonyl (C=O) groups excluding carboxylic acids is 1. The molecule has 0 N–H and O–H groups in total. The van der Waals surface area contributed by atoms with Crippen LogP contribution in [0, 0.1) is 16.2 Å². The molecule has 2 nitrogen and oxygen atoms in total.